The zero-order valence-electron chi connectivity index (χ0n) is 17.3. The molecule has 0 radical (unpaired) electrons. The van der Waals surface area contributed by atoms with E-state index in [4.69, 9.17) is 23.2 Å². The fourth-order valence-electron chi connectivity index (χ4n) is 4.14. The highest BCUT2D eigenvalue weighted by Crippen LogP contribution is 2.26. The summed E-state index contributed by atoms with van der Waals surface area (Å²) < 4.78 is 1.53. The van der Waals surface area contributed by atoms with E-state index in [1.165, 1.54) is 16.3 Å². The van der Waals surface area contributed by atoms with E-state index in [-0.39, 0.29) is 17.2 Å². The summed E-state index contributed by atoms with van der Waals surface area (Å²) in [6, 6.07) is 12.0. The standard InChI is InChI=1S/C23H23Cl2N3O2S/c1-14-9-15(2)12-27(11-14)21(29)13-31-23-26-20-10-17(25)5-8-19(20)22(30)28(23)18-6-3-16(24)4-7-18/h3-8,10,14-15H,9,11-13H2,1-2H3/t14-,15-/m1/s1. The van der Waals surface area contributed by atoms with Crippen molar-refractivity contribution in [1.29, 1.82) is 0 Å². The van der Waals surface area contributed by atoms with Crippen LogP contribution < -0.4 is 5.56 Å². The molecule has 0 bridgehead atoms. The minimum atomic E-state index is -0.209. The molecule has 3 aromatic rings. The summed E-state index contributed by atoms with van der Waals surface area (Å²) in [5, 5.41) is 2.00. The first-order valence-electron chi connectivity index (χ1n) is 10.2. The van der Waals surface area contributed by atoms with Gasteiger partial charge in [-0.2, -0.15) is 0 Å². The summed E-state index contributed by atoms with van der Waals surface area (Å²) in [7, 11) is 0. The first-order valence-corrected chi connectivity index (χ1v) is 11.9. The second kappa shape index (κ2) is 9.23. The lowest BCUT2D eigenvalue weighted by molar-refractivity contribution is -0.130. The van der Waals surface area contributed by atoms with Crippen LogP contribution in [0, 0.1) is 11.8 Å². The van der Waals surface area contributed by atoms with Gasteiger partial charge in [-0.1, -0.05) is 48.8 Å². The Morgan fingerprint density at radius 3 is 2.39 bits per heavy atom. The number of fused-ring (bicyclic) bond motifs is 1. The van der Waals surface area contributed by atoms with Crippen LogP contribution in [0.3, 0.4) is 0 Å². The number of carbonyl (C=O) groups is 1. The van der Waals surface area contributed by atoms with Gasteiger partial charge in [-0.3, -0.25) is 14.2 Å². The number of hydrogen-bond donors (Lipinski definition) is 0. The molecule has 1 saturated heterocycles. The number of benzene rings is 2. The Bertz CT molecular complexity index is 1170. The fraction of sp³-hybridized carbons (Fsp3) is 0.348. The van der Waals surface area contributed by atoms with Crippen LogP contribution in [0.2, 0.25) is 10.0 Å². The molecule has 31 heavy (non-hydrogen) atoms. The molecule has 0 aliphatic carbocycles. The van der Waals surface area contributed by atoms with Crippen LogP contribution in [0.25, 0.3) is 16.6 Å². The van der Waals surface area contributed by atoms with E-state index >= 15 is 0 Å². The highest BCUT2D eigenvalue weighted by molar-refractivity contribution is 7.99. The van der Waals surface area contributed by atoms with E-state index in [1.54, 1.807) is 42.5 Å². The number of hydrogen-bond acceptors (Lipinski definition) is 4. The SMILES string of the molecule is C[C@@H]1C[C@@H](C)CN(C(=O)CSc2nc3cc(Cl)ccc3c(=O)n2-c2ccc(Cl)cc2)C1. The molecule has 1 fully saturated rings. The lowest BCUT2D eigenvalue weighted by Crippen LogP contribution is -2.43. The van der Waals surface area contributed by atoms with Gasteiger partial charge in [0.2, 0.25) is 5.91 Å². The maximum atomic E-state index is 13.3. The number of amides is 1. The Labute approximate surface area is 195 Å². The Balaban J connectivity index is 1.70. The molecule has 2 aromatic carbocycles. The largest absolute Gasteiger partial charge is 0.341 e. The van der Waals surface area contributed by atoms with Crippen molar-refractivity contribution in [3.05, 3.63) is 62.9 Å². The zero-order valence-corrected chi connectivity index (χ0v) is 19.7. The lowest BCUT2D eigenvalue weighted by Gasteiger charge is -2.35. The number of rotatable bonds is 4. The van der Waals surface area contributed by atoms with Gasteiger partial charge in [0.25, 0.3) is 5.56 Å². The monoisotopic (exact) mass is 475 g/mol. The number of nitrogens with zero attached hydrogens (tertiary/aromatic N) is 3. The maximum Gasteiger partial charge on any atom is 0.266 e. The number of piperidine rings is 1. The van der Waals surface area contributed by atoms with Gasteiger partial charge >= 0.3 is 0 Å². The highest BCUT2D eigenvalue weighted by Gasteiger charge is 2.26. The molecule has 162 valence electrons. The molecule has 0 spiro atoms. The molecule has 0 unspecified atom stereocenters. The molecule has 1 aromatic heterocycles. The summed E-state index contributed by atoms with van der Waals surface area (Å²) in [5.74, 6) is 1.26. The van der Waals surface area contributed by atoms with Crippen LogP contribution in [0.5, 0.6) is 0 Å². The Kier molecular flexibility index (Phi) is 6.60. The quantitative estimate of drug-likeness (QED) is 0.379. The van der Waals surface area contributed by atoms with Gasteiger partial charge < -0.3 is 4.90 Å². The molecule has 2 atom stereocenters. The molecule has 4 rings (SSSR count). The van der Waals surface area contributed by atoms with Crippen molar-refractivity contribution < 1.29 is 4.79 Å². The summed E-state index contributed by atoms with van der Waals surface area (Å²) in [4.78, 5) is 32.8. The van der Waals surface area contributed by atoms with Gasteiger partial charge in [0.1, 0.15) is 0 Å². The summed E-state index contributed by atoms with van der Waals surface area (Å²) in [5.41, 5.74) is 0.950. The van der Waals surface area contributed by atoms with Crippen molar-refractivity contribution in [1.82, 2.24) is 14.5 Å². The van der Waals surface area contributed by atoms with Gasteiger partial charge in [-0.05, 0) is 60.7 Å². The van der Waals surface area contributed by atoms with E-state index in [0.29, 0.717) is 43.6 Å². The van der Waals surface area contributed by atoms with Crippen molar-refractivity contribution in [2.24, 2.45) is 11.8 Å². The minimum absolute atomic E-state index is 0.0616. The average Bonchev–Trinajstić information content (AvgIpc) is 2.72. The van der Waals surface area contributed by atoms with Crippen molar-refractivity contribution in [3.8, 4) is 5.69 Å². The molecular weight excluding hydrogens is 453 g/mol. The lowest BCUT2D eigenvalue weighted by atomic mass is 9.92. The van der Waals surface area contributed by atoms with Crippen molar-refractivity contribution in [2.45, 2.75) is 25.4 Å². The van der Waals surface area contributed by atoms with Crippen molar-refractivity contribution >= 4 is 51.8 Å². The number of halogens is 2. The molecule has 0 N–H and O–H groups in total. The topological polar surface area (TPSA) is 55.2 Å². The molecule has 1 aliphatic heterocycles. The van der Waals surface area contributed by atoms with E-state index in [1.807, 2.05) is 4.90 Å². The highest BCUT2D eigenvalue weighted by atomic mass is 35.5. The van der Waals surface area contributed by atoms with Crippen LogP contribution in [-0.2, 0) is 4.79 Å². The first-order chi connectivity index (χ1) is 14.8. The third-order valence-corrected chi connectivity index (χ3v) is 6.84. The van der Waals surface area contributed by atoms with Gasteiger partial charge in [0.05, 0.1) is 22.3 Å². The third kappa shape index (κ3) is 4.92. The van der Waals surface area contributed by atoms with Crippen LogP contribution in [0.4, 0.5) is 0 Å². The molecule has 0 saturated carbocycles. The van der Waals surface area contributed by atoms with Gasteiger partial charge in [0.15, 0.2) is 5.16 Å². The number of likely N-dealkylation sites (tertiary alicyclic amines) is 1. The second-order valence-electron chi connectivity index (χ2n) is 8.21. The number of aromatic nitrogens is 2. The van der Waals surface area contributed by atoms with Crippen LogP contribution in [-0.4, -0.2) is 39.2 Å². The fourth-order valence-corrected chi connectivity index (χ4v) is 5.35. The predicted octanol–water partition coefficient (Wildman–Crippen LogP) is 5.29. The van der Waals surface area contributed by atoms with Gasteiger partial charge in [-0.15, -0.1) is 0 Å². The smallest absolute Gasteiger partial charge is 0.266 e. The molecule has 8 heteroatoms. The van der Waals surface area contributed by atoms with E-state index in [2.05, 4.69) is 18.8 Å². The maximum absolute atomic E-state index is 13.3. The summed E-state index contributed by atoms with van der Waals surface area (Å²) in [6.45, 7) is 5.90. The van der Waals surface area contributed by atoms with Gasteiger partial charge in [-0.25, -0.2) is 4.98 Å². The van der Waals surface area contributed by atoms with E-state index in [9.17, 15) is 9.59 Å². The molecular formula is C23H23Cl2N3O2S. The van der Waals surface area contributed by atoms with E-state index in [0.717, 1.165) is 19.5 Å². The third-order valence-electron chi connectivity index (χ3n) is 5.43. The molecule has 5 nitrogen and oxygen atoms in total. The van der Waals surface area contributed by atoms with Crippen LogP contribution >= 0.6 is 35.0 Å². The average molecular weight is 476 g/mol. The first kappa shape index (κ1) is 22.2. The minimum Gasteiger partial charge on any atom is -0.341 e. The van der Waals surface area contributed by atoms with Crippen molar-refractivity contribution in [3.63, 3.8) is 0 Å². The Hall–Kier alpha value is -2.02. The van der Waals surface area contributed by atoms with Crippen LogP contribution in [0.15, 0.2) is 52.4 Å². The molecule has 2 heterocycles. The van der Waals surface area contributed by atoms with Gasteiger partial charge in [0, 0.05) is 23.1 Å². The van der Waals surface area contributed by atoms with Crippen LogP contribution in [0.1, 0.15) is 20.3 Å². The number of thioether (sulfide) groups is 1. The normalized spacial score (nSPS) is 19.0. The predicted molar refractivity (Wildman–Crippen MR) is 128 cm³/mol. The summed E-state index contributed by atoms with van der Waals surface area (Å²) in [6.07, 6.45) is 1.14. The van der Waals surface area contributed by atoms with Crippen molar-refractivity contribution in [2.75, 3.05) is 18.8 Å². The zero-order chi connectivity index (χ0) is 22.1. The Morgan fingerprint density at radius 2 is 1.71 bits per heavy atom. The molecule has 1 amide bonds. The van der Waals surface area contributed by atoms with E-state index < -0.39 is 0 Å². The summed E-state index contributed by atoms with van der Waals surface area (Å²) >= 11 is 13.4. The second-order valence-corrected chi connectivity index (χ2v) is 10.0. The Morgan fingerprint density at radius 1 is 1.06 bits per heavy atom. The molecule has 1 aliphatic rings. The number of carbonyl (C=O) groups excluding carboxylic acids is 1.